The van der Waals surface area contributed by atoms with Crippen molar-refractivity contribution in [2.24, 2.45) is 0 Å². The van der Waals surface area contributed by atoms with Gasteiger partial charge in [0.1, 0.15) is 0 Å². The molecule has 2 aromatic rings. The van der Waals surface area contributed by atoms with Gasteiger partial charge in [0.2, 0.25) is 10.0 Å². The lowest BCUT2D eigenvalue weighted by Gasteiger charge is -2.18. The molecular formula is C16H15F3N2O3S. The van der Waals surface area contributed by atoms with E-state index < -0.39 is 28.1 Å². The van der Waals surface area contributed by atoms with Crippen LogP contribution >= 0.6 is 0 Å². The van der Waals surface area contributed by atoms with Gasteiger partial charge in [0, 0.05) is 19.1 Å². The van der Waals surface area contributed by atoms with Crippen LogP contribution in [0.25, 0.3) is 10.8 Å². The van der Waals surface area contributed by atoms with Gasteiger partial charge in [-0.15, -0.1) is 0 Å². The molecule has 0 aliphatic carbocycles. The minimum absolute atomic E-state index is 0.0535. The van der Waals surface area contributed by atoms with Gasteiger partial charge < -0.3 is 5.32 Å². The Morgan fingerprint density at radius 1 is 1.12 bits per heavy atom. The predicted octanol–water partition coefficient (Wildman–Crippen LogP) is 2.28. The maximum absolute atomic E-state index is 12.7. The molecule has 0 saturated carbocycles. The number of hydrogen-bond acceptors (Lipinski definition) is 3. The van der Waals surface area contributed by atoms with Crippen LogP contribution in [0, 0.1) is 0 Å². The molecule has 1 atom stereocenters. The largest absolute Gasteiger partial charge is 0.471 e. The zero-order chi connectivity index (χ0) is 18.2. The van der Waals surface area contributed by atoms with Crippen LogP contribution in [-0.4, -0.2) is 43.9 Å². The molecule has 2 aromatic carbocycles. The van der Waals surface area contributed by atoms with E-state index in [0.717, 1.165) is 15.1 Å². The molecule has 134 valence electrons. The van der Waals surface area contributed by atoms with Crippen LogP contribution in [0.3, 0.4) is 0 Å². The number of nitrogens with zero attached hydrogens (tertiary/aromatic N) is 1. The van der Waals surface area contributed by atoms with E-state index in [1.165, 1.54) is 12.1 Å². The highest BCUT2D eigenvalue weighted by atomic mass is 32.2. The fraction of sp³-hybridized carbons (Fsp3) is 0.312. The summed E-state index contributed by atoms with van der Waals surface area (Å²) in [4.78, 5) is 11.1. The van der Waals surface area contributed by atoms with E-state index in [2.05, 4.69) is 0 Å². The molecule has 1 N–H and O–H groups in total. The zero-order valence-corrected chi connectivity index (χ0v) is 13.8. The predicted molar refractivity (Wildman–Crippen MR) is 85.3 cm³/mol. The number of carbonyl (C=O) groups is 1. The molecule has 1 aliphatic heterocycles. The second-order valence-electron chi connectivity index (χ2n) is 5.83. The van der Waals surface area contributed by atoms with Gasteiger partial charge in [-0.1, -0.05) is 30.3 Å². The molecule has 0 bridgehead atoms. The van der Waals surface area contributed by atoms with Crippen LogP contribution in [0.2, 0.25) is 0 Å². The smallest absolute Gasteiger partial charge is 0.344 e. The van der Waals surface area contributed by atoms with Crippen molar-refractivity contribution in [3.63, 3.8) is 0 Å². The Kier molecular flexibility index (Phi) is 4.46. The summed E-state index contributed by atoms with van der Waals surface area (Å²) < 4.78 is 63.4. The number of benzene rings is 2. The van der Waals surface area contributed by atoms with E-state index in [-0.39, 0.29) is 24.4 Å². The first kappa shape index (κ1) is 17.7. The normalized spacial score (nSPS) is 19.2. The minimum atomic E-state index is -4.98. The standard InChI is InChI=1S/C16H15F3N2O3S/c17-16(18,19)15(22)20-13-7-8-21(10-13)25(23,24)14-6-5-11-3-1-2-4-12(11)9-14/h1-6,9,13H,7-8,10H2,(H,20,22). The molecule has 1 heterocycles. The van der Waals surface area contributed by atoms with E-state index in [4.69, 9.17) is 0 Å². The van der Waals surface area contributed by atoms with Crippen molar-refractivity contribution in [3.8, 4) is 0 Å². The second-order valence-corrected chi connectivity index (χ2v) is 7.77. The lowest BCUT2D eigenvalue weighted by Crippen LogP contribution is -2.44. The Hall–Kier alpha value is -2.13. The SMILES string of the molecule is O=C(NC1CCN(S(=O)(=O)c2ccc3ccccc3c2)C1)C(F)(F)F. The second kappa shape index (κ2) is 6.30. The molecule has 1 aliphatic rings. The minimum Gasteiger partial charge on any atom is -0.344 e. The number of amides is 1. The van der Waals surface area contributed by atoms with E-state index >= 15 is 0 Å². The lowest BCUT2D eigenvalue weighted by atomic mass is 10.1. The highest BCUT2D eigenvalue weighted by Gasteiger charge is 2.42. The summed E-state index contributed by atoms with van der Waals surface area (Å²) in [6.45, 7) is -0.130. The van der Waals surface area contributed by atoms with Crippen molar-refractivity contribution in [1.82, 2.24) is 9.62 Å². The molecular weight excluding hydrogens is 357 g/mol. The summed E-state index contributed by atoms with van der Waals surface area (Å²) in [5.74, 6) is -2.05. The molecule has 9 heteroatoms. The lowest BCUT2D eigenvalue weighted by molar-refractivity contribution is -0.174. The number of sulfonamides is 1. The van der Waals surface area contributed by atoms with Gasteiger partial charge in [-0.05, 0) is 29.3 Å². The highest BCUT2D eigenvalue weighted by molar-refractivity contribution is 7.89. The maximum atomic E-state index is 12.7. The van der Waals surface area contributed by atoms with Crippen LogP contribution in [0.5, 0.6) is 0 Å². The number of nitrogens with one attached hydrogen (secondary N) is 1. The Morgan fingerprint density at radius 3 is 2.48 bits per heavy atom. The third-order valence-electron chi connectivity index (χ3n) is 4.10. The average Bonchev–Trinajstić information content (AvgIpc) is 3.03. The number of hydrogen-bond donors (Lipinski definition) is 1. The fourth-order valence-electron chi connectivity index (χ4n) is 2.81. The van der Waals surface area contributed by atoms with Gasteiger partial charge in [-0.2, -0.15) is 17.5 Å². The molecule has 1 fully saturated rings. The van der Waals surface area contributed by atoms with E-state index in [1.807, 2.05) is 17.4 Å². The summed E-state index contributed by atoms with van der Waals surface area (Å²) in [5.41, 5.74) is 0. The Balaban J connectivity index is 1.77. The van der Waals surface area contributed by atoms with E-state index in [9.17, 15) is 26.4 Å². The Labute approximate surface area is 142 Å². The summed E-state index contributed by atoms with van der Waals surface area (Å²) in [5, 5.41) is 3.47. The van der Waals surface area contributed by atoms with Gasteiger partial charge in [0.25, 0.3) is 0 Å². The number of carbonyl (C=O) groups excluding carboxylic acids is 1. The Bertz CT molecular complexity index is 912. The fourth-order valence-corrected chi connectivity index (χ4v) is 4.34. The van der Waals surface area contributed by atoms with Gasteiger partial charge in [0.15, 0.2) is 0 Å². The van der Waals surface area contributed by atoms with Crippen molar-refractivity contribution in [2.45, 2.75) is 23.5 Å². The van der Waals surface area contributed by atoms with Crippen LogP contribution in [0.4, 0.5) is 13.2 Å². The van der Waals surface area contributed by atoms with E-state index in [0.29, 0.717) is 0 Å². The molecule has 3 rings (SSSR count). The quantitative estimate of drug-likeness (QED) is 0.899. The van der Waals surface area contributed by atoms with Crippen LogP contribution < -0.4 is 5.32 Å². The van der Waals surface area contributed by atoms with Gasteiger partial charge in [0.05, 0.1) is 4.90 Å². The van der Waals surface area contributed by atoms with Gasteiger partial charge in [-0.3, -0.25) is 4.79 Å². The molecule has 0 radical (unpaired) electrons. The van der Waals surface area contributed by atoms with Crippen molar-refractivity contribution in [3.05, 3.63) is 42.5 Å². The van der Waals surface area contributed by atoms with Crippen LogP contribution in [0.15, 0.2) is 47.4 Å². The monoisotopic (exact) mass is 372 g/mol. The zero-order valence-electron chi connectivity index (χ0n) is 13.0. The highest BCUT2D eigenvalue weighted by Crippen LogP contribution is 2.25. The summed E-state index contributed by atoms with van der Waals surface area (Å²) in [7, 11) is -3.83. The molecule has 1 unspecified atom stereocenters. The summed E-state index contributed by atoms with van der Waals surface area (Å²) in [6, 6.07) is 11.1. The summed E-state index contributed by atoms with van der Waals surface area (Å²) >= 11 is 0. The first-order chi connectivity index (χ1) is 11.7. The summed E-state index contributed by atoms with van der Waals surface area (Å²) in [6.07, 6.45) is -4.85. The number of fused-ring (bicyclic) bond motifs is 1. The van der Waals surface area contributed by atoms with Crippen LogP contribution in [0.1, 0.15) is 6.42 Å². The molecule has 5 nitrogen and oxygen atoms in total. The first-order valence-electron chi connectivity index (χ1n) is 7.54. The molecule has 25 heavy (non-hydrogen) atoms. The Morgan fingerprint density at radius 2 is 1.80 bits per heavy atom. The molecule has 0 spiro atoms. The number of halogens is 3. The number of rotatable bonds is 3. The molecule has 1 amide bonds. The van der Waals surface area contributed by atoms with Gasteiger partial charge >= 0.3 is 12.1 Å². The third kappa shape index (κ3) is 3.62. The van der Waals surface area contributed by atoms with Crippen molar-refractivity contribution in [1.29, 1.82) is 0 Å². The third-order valence-corrected chi connectivity index (χ3v) is 5.96. The maximum Gasteiger partial charge on any atom is 0.471 e. The van der Waals surface area contributed by atoms with Crippen molar-refractivity contribution in [2.75, 3.05) is 13.1 Å². The van der Waals surface area contributed by atoms with Gasteiger partial charge in [-0.25, -0.2) is 8.42 Å². The van der Waals surface area contributed by atoms with Crippen molar-refractivity contribution >= 4 is 26.7 Å². The topological polar surface area (TPSA) is 66.5 Å². The number of alkyl halides is 3. The first-order valence-corrected chi connectivity index (χ1v) is 8.98. The average molecular weight is 372 g/mol. The van der Waals surface area contributed by atoms with E-state index in [1.54, 1.807) is 18.2 Å². The van der Waals surface area contributed by atoms with Crippen molar-refractivity contribution < 1.29 is 26.4 Å². The molecule has 1 saturated heterocycles. The molecule has 0 aromatic heterocycles. The van der Waals surface area contributed by atoms with Crippen LogP contribution in [-0.2, 0) is 14.8 Å².